The number of primary sulfonamides is 1. The second-order valence-electron chi connectivity index (χ2n) is 6.54. The zero-order valence-electron chi connectivity index (χ0n) is 15.5. The van der Waals surface area contributed by atoms with Crippen molar-refractivity contribution in [2.24, 2.45) is 5.14 Å². The van der Waals surface area contributed by atoms with E-state index < -0.39 is 10.0 Å². The maximum Gasteiger partial charge on any atom is 0.238 e. The van der Waals surface area contributed by atoms with Crippen LogP contribution < -0.4 is 10.5 Å². The number of hydrogen-bond acceptors (Lipinski definition) is 4. The van der Waals surface area contributed by atoms with Crippen molar-refractivity contribution in [3.8, 4) is 11.3 Å². The van der Waals surface area contributed by atoms with E-state index in [4.69, 9.17) is 9.56 Å². The molecule has 0 aliphatic heterocycles. The SMILES string of the molecule is C[C@@H](NC(=O)CCc1ccc(-c2ccccc2)o1)c1ccc(S(N)(=O)=O)cc1. The van der Waals surface area contributed by atoms with Gasteiger partial charge in [-0.05, 0) is 36.8 Å². The number of nitrogens with one attached hydrogen (secondary N) is 1. The molecule has 0 radical (unpaired) electrons. The summed E-state index contributed by atoms with van der Waals surface area (Å²) in [4.78, 5) is 12.3. The number of hydrogen-bond donors (Lipinski definition) is 2. The van der Waals surface area contributed by atoms with Gasteiger partial charge in [0.2, 0.25) is 15.9 Å². The molecule has 7 heteroatoms. The third-order valence-electron chi connectivity index (χ3n) is 4.40. The van der Waals surface area contributed by atoms with E-state index in [2.05, 4.69) is 5.32 Å². The average Bonchev–Trinajstić information content (AvgIpc) is 3.15. The van der Waals surface area contributed by atoms with Gasteiger partial charge in [-0.15, -0.1) is 0 Å². The summed E-state index contributed by atoms with van der Waals surface area (Å²) in [6, 6.07) is 19.5. The molecule has 0 unspecified atom stereocenters. The lowest BCUT2D eigenvalue weighted by Gasteiger charge is -2.14. The van der Waals surface area contributed by atoms with Gasteiger partial charge in [0.1, 0.15) is 11.5 Å². The summed E-state index contributed by atoms with van der Waals surface area (Å²) in [5.74, 6) is 1.42. The Morgan fingerprint density at radius 2 is 1.71 bits per heavy atom. The van der Waals surface area contributed by atoms with Gasteiger partial charge in [-0.2, -0.15) is 0 Å². The lowest BCUT2D eigenvalue weighted by molar-refractivity contribution is -0.121. The van der Waals surface area contributed by atoms with Gasteiger partial charge in [0.15, 0.2) is 0 Å². The fourth-order valence-corrected chi connectivity index (χ4v) is 3.37. The summed E-state index contributed by atoms with van der Waals surface area (Å²) >= 11 is 0. The molecule has 0 saturated carbocycles. The normalized spacial score (nSPS) is 12.5. The summed E-state index contributed by atoms with van der Waals surface area (Å²) in [6.45, 7) is 1.84. The Kier molecular flexibility index (Phi) is 5.96. The van der Waals surface area contributed by atoms with Crippen molar-refractivity contribution >= 4 is 15.9 Å². The van der Waals surface area contributed by atoms with Crippen molar-refractivity contribution in [2.45, 2.75) is 30.7 Å². The van der Waals surface area contributed by atoms with Crippen LogP contribution in [0.4, 0.5) is 0 Å². The predicted octanol–water partition coefficient (Wildman–Crippen LogP) is 3.40. The van der Waals surface area contributed by atoms with Gasteiger partial charge in [-0.25, -0.2) is 13.6 Å². The maximum absolute atomic E-state index is 12.2. The van der Waals surface area contributed by atoms with Gasteiger partial charge < -0.3 is 9.73 Å². The number of sulfonamides is 1. The quantitative estimate of drug-likeness (QED) is 0.637. The van der Waals surface area contributed by atoms with Crippen LogP contribution in [0.5, 0.6) is 0 Å². The van der Waals surface area contributed by atoms with E-state index in [0.29, 0.717) is 12.8 Å². The largest absolute Gasteiger partial charge is 0.461 e. The topological polar surface area (TPSA) is 102 Å². The number of nitrogens with two attached hydrogens (primary N) is 1. The highest BCUT2D eigenvalue weighted by molar-refractivity contribution is 7.89. The molecule has 146 valence electrons. The molecular formula is C21H22N2O4S. The van der Waals surface area contributed by atoms with Crippen LogP contribution in [0, 0.1) is 0 Å². The number of benzene rings is 2. The molecule has 0 saturated heterocycles. The van der Waals surface area contributed by atoms with Crippen LogP contribution in [-0.2, 0) is 21.2 Å². The lowest BCUT2D eigenvalue weighted by atomic mass is 10.1. The highest BCUT2D eigenvalue weighted by Crippen LogP contribution is 2.22. The van der Waals surface area contributed by atoms with Crippen molar-refractivity contribution in [1.82, 2.24) is 5.32 Å². The third-order valence-corrected chi connectivity index (χ3v) is 5.33. The highest BCUT2D eigenvalue weighted by atomic mass is 32.2. The second kappa shape index (κ2) is 8.41. The molecule has 3 N–H and O–H groups in total. The highest BCUT2D eigenvalue weighted by Gasteiger charge is 2.13. The lowest BCUT2D eigenvalue weighted by Crippen LogP contribution is -2.26. The van der Waals surface area contributed by atoms with Crippen LogP contribution >= 0.6 is 0 Å². The van der Waals surface area contributed by atoms with Crippen molar-refractivity contribution in [3.05, 3.63) is 78.1 Å². The minimum absolute atomic E-state index is 0.0433. The number of carbonyl (C=O) groups excluding carboxylic acids is 1. The zero-order valence-corrected chi connectivity index (χ0v) is 16.3. The molecule has 0 fully saturated rings. The van der Waals surface area contributed by atoms with Crippen molar-refractivity contribution in [3.63, 3.8) is 0 Å². The van der Waals surface area contributed by atoms with Gasteiger partial charge in [-0.3, -0.25) is 4.79 Å². The summed E-state index contributed by atoms with van der Waals surface area (Å²) in [5, 5.41) is 7.99. The number of furan rings is 1. The number of amides is 1. The molecule has 28 heavy (non-hydrogen) atoms. The Hall–Kier alpha value is -2.90. The molecule has 1 atom stereocenters. The fourth-order valence-electron chi connectivity index (χ4n) is 2.85. The Balaban J connectivity index is 1.54. The van der Waals surface area contributed by atoms with Crippen LogP contribution in [0.25, 0.3) is 11.3 Å². The monoisotopic (exact) mass is 398 g/mol. The first kappa shape index (κ1) is 19.9. The Labute approximate surface area is 164 Å². The van der Waals surface area contributed by atoms with Crippen molar-refractivity contribution < 1.29 is 17.6 Å². The molecule has 0 bridgehead atoms. The molecule has 1 heterocycles. The van der Waals surface area contributed by atoms with E-state index in [1.165, 1.54) is 12.1 Å². The minimum atomic E-state index is -3.72. The predicted molar refractivity (Wildman–Crippen MR) is 107 cm³/mol. The molecular weight excluding hydrogens is 376 g/mol. The van der Waals surface area contributed by atoms with Crippen molar-refractivity contribution in [1.29, 1.82) is 0 Å². The van der Waals surface area contributed by atoms with Gasteiger partial charge in [0.05, 0.1) is 10.9 Å². The molecule has 0 aliphatic carbocycles. The molecule has 3 rings (SSSR count). The first-order chi connectivity index (χ1) is 13.3. The van der Waals surface area contributed by atoms with E-state index in [9.17, 15) is 13.2 Å². The van der Waals surface area contributed by atoms with Crippen LogP contribution in [0.2, 0.25) is 0 Å². The maximum atomic E-state index is 12.2. The number of aryl methyl sites for hydroxylation is 1. The molecule has 6 nitrogen and oxygen atoms in total. The molecule has 3 aromatic rings. The van der Waals surface area contributed by atoms with E-state index >= 15 is 0 Å². The fraction of sp³-hybridized carbons (Fsp3) is 0.190. The zero-order chi connectivity index (χ0) is 20.1. The van der Waals surface area contributed by atoms with Crippen molar-refractivity contribution in [2.75, 3.05) is 0 Å². The van der Waals surface area contributed by atoms with Crippen LogP contribution in [-0.4, -0.2) is 14.3 Å². The Morgan fingerprint density at radius 1 is 1.04 bits per heavy atom. The molecule has 1 amide bonds. The summed E-state index contributed by atoms with van der Waals surface area (Å²) in [6.07, 6.45) is 0.789. The average molecular weight is 398 g/mol. The second-order valence-corrected chi connectivity index (χ2v) is 8.10. The summed E-state index contributed by atoms with van der Waals surface area (Å²) in [7, 11) is -3.72. The van der Waals surface area contributed by atoms with Gasteiger partial charge in [-0.1, -0.05) is 42.5 Å². The van der Waals surface area contributed by atoms with Gasteiger partial charge in [0, 0.05) is 18.4 Å². The first-order valence-corrected chi connectivity index (χ1v) is 10.4. The molecule has 2 aromatic carbocycles. The first-order valence-electron chi connectivity index (χ1n) is 8.89. The summed E-state index contributed by atoms with van der Waals surface area (Å²) < 4.78 is 28.4. The molecule has 1 aromatic heterocycles. The number of rotatable bonds is 7. The smallest absolute Gasteiger partial charge is 0.238 e. The van der Waals surface area contributed by atoms with E-state index in [-0.39, 0.29) is 16.8 Å². The van der Waals surface area contributed by atoms with E-state index in [1.54, 1.807) is 12.1 Å². The minimum Gasteiger partial charge on any atom is -0.461 e. The van der Waals surface area contributed by atoms with E-state index in [0.717, 1.165) is 22.6 Å². The van der Waals surface area contributed by atoms with Crippen LogP contribution in [0.1, 0.15) is 30.7 Å². The standard InChI is InChI=1S/C21H22N2O4S/c1-15(16-7-11-19(12-8-16)28(22,25)26)23-21(24)14-10-18-9-13-20(27-18)17-5-3-2-4-6-17/h2-9,11-13,15H,10,14H2,1H3,(H,23,24)(H2,22,25,26)/t15-/m1/s1. The molecule has 0 aliphatic rings. The van der Waals surface area contributed by atoms with E-state index in [1.807, 2.05) is 49.4 Å². The van der Waals surface area contributed by atoms with Crippen LogP contribution in [0.3, 0.4) is 0 Å². The van der Waals surface area contributed by atoms with Crippen LogP contribution in [0.15, 0.2) is 76.0 Å². The third kappa shape index (κ3) is 5.09. The van der Waals surface area contributed by atoms with Gasteiger partial charge in [0.25, 0.3) is 0 Å². The summed E-state index contributed by atoms with van der Waals surface area (Å²) in [5.41, 5.74) is 1.79. The van der Waals surface area contributed by atoms with Gasteiger partial charge >= 0.3 is 0 Å². The Morgan fingerprint density at radius 3 is 2.36 bits per heavy atom. The molecule has 0 spiro atoms. The number of carbonyl (C=O) groups is 1. The Bertz CT molecular complexity index is 1040.